The van der Waals surface area contributed by atoms with Gasteiger partial charge in [0, 0.05) is 12.4 Å². The maximum atomic E-state index is 3.99. The molecule has 1 nitrogen and oxygen atoms in total. The van der Waals surface area contributed by atoms with Crippen LogP contribution in [0.5, 0.6) is 0 Å². The molecular weight excluding hydrogens is 194 g/mol. The van der Waals surface area contributed by atoms with E-state index in [1.807, 2.05) is 30.6 Å². The minimum Gasteiger partial charge on any atom is -0.265 e. The molecule has 2 heteroatoms. The number of hydrogen-bond acceptors (Lipinski definition) is 1. The second kappa shape index (κ2) is 5.40. The topological polar surface area (TPSA) is 12.9 Å². The molecule has 1 heterocycles. The molecule has 0 radical (unpaired) electrons. The van der Waals surface area contributed by atoms with Crippen LogP contribution in [0.3, 0.4) is 0 Å². The Kier molecular flexibility index (Phi) is 4.14. The number of benzene rings is 1. The van der Waals surface area contributed by atoms with Gasteiger partial charge in [0.05, 0.1) is 0 Å². The highest BCUT2D eigenvalue weighted by Crippen LogP contribution is 2.07. The van der Waals surface area contributed by atoms with E-state index in [0.717, 1.165) is 6.42 Å². The van der Waals surface area contributed by atoms with Gasteiger partial charge in [-0.05, 0) is 29.7 Å². The second-order valence-electron chi connectivity index (χ2n) is 3.02. The van der Waals surface area contributed by atoms with E-state index in [9.17, 15) is 0 Å². The molecule has 0 saturated heterocycles. The largest absolute Gasteiger partial charge is 0.265 e. The average molecular weight is 206 g/mol. The highest BCUT2D eigenvalue weighted by atomic mass is 35.5. The van der Waals surface area contributed by atoms with Crippen LogP contribution >= 0.6 is 12.4 Å². The summed E-state index contributed by atoms with van der Waals surface area (Å²) in [6, 6.07) is 14.5. The van der Waals surface area contributed by atoms with Crippen molar-refractivity contribution in [2.45, 2.75) is 6.42 Å². The number of nitrogens with zero attached hydrogens (tertiary/aromatic N) is 1. The van der Waals surface area contributed by atoms with Gasteiger partial charge in [-0.1, -0.05) is 30.3 Å². The molecule has 0 amide bonds. The quantitative estimate of drug-likeness (QED) is 0.734. The van der Waals surface area contributed by atoms with Gasteiger partial charge in [0.2, 0.25) is 0 Å². The van der Waals surface area contributed by atoms with Crippen LogP contribution in [-0.4, -0.2) is 4.98 Å². The zero-order valence-corrected chi connectivity index (χ0v) is 8.58. The smallest absolute Gasteiger partial charge is 0.0270 e. The van der Waals surface area contributed by atoms with Gasteiger partial charge in [-0.2, -0.15) is 0 Å². The predicted molar refractivity (Wildman–Crippen MR) is 60.7 cm³/mol. The van der Waals surface area contributed by atoms with E-state index in [-0.39, 0.29) is 12.4 Å². The lowest BCUT2D eigenvalue weighted by atomic mass is 10.1. The standard InChI is InChI=1S/C12H11N.ClH/c1-2-4-11(5-3-1)10-12-6-8-13-9-7-12;/h1-9H,10H2;1H. The van der Waals surface area contributed by atoms with Gasteiger partial charge in [-0.15, -0.1) is 12.4 Å². The Labute approximate surface area is 90.2 Å². The van der Waals surface area contributed by atoms with Gasteiger partial charge in [-0.3, -0.25) is 4.98 Å². The Morgan fingerprint density at radius 2 is 1.36 bits per heavy atom. The number of rotatable bonds is 2. The molecule has 0 atom stereocenters. The molecule has 72 valence electrons. The first-order chi connectivity index (χ1) is 6.45. The Morgan fingerprint density at radius 3 is 2.00 bits per heavy atom. The van der Waals surface area contributed by atoms with E-state index >= 15 is 0 Å². The fraction of sp³-hybridized carbons (Fsp3) is 0.0833. The Hall–Kier alpha value is -1.34. The SMILES string of the molecule is Cl.c1ccc(Cc2ccncc2)cc1. The lowest BCUT2D eigenvalue weighted by Gasteiger charge is -1.99. The third kappa shape index (κ3) is 2.86. The molecule has 2 aromatic rings. The van der Waals surface area contributed by atoms with E-state index in [4.69, 9.17) is 0 Å². The van der Waals surface area contributed by atoms with Gasteiger partial charge in [0.1, 0.15) is 0 Å². The van der Waals surface area contributed by atoms with E-state index < -0.39 is 0 Å². The first-order valence-corrected chi connectivity index (χ1v) is 4.38. The monoisotopic (exact) mass is 205 g/mol. The number of hydrogen-bond donors (Lipinski definition) is 0. The first kappa shape index (κ1) is 10.7. The summed E-state index contributed by atoms with van der Waals surface area (Å²) in [7, 11) is 0. The highest BCUT2D eigenvalue weighted by molar-refractivity contribution is 5.85. The van der Waals surface area contributed by atoms with Crippen molar-refractivity contribution in [3.8, 4) is 0 Å². The molecule has 0 unspecified atom stereocenters. The molecule has 0 aliphatic carbocycles. The average Bonchev–Trinajstić information content (AvgIpc) is 2.21. The van der Waals surface area contributed by atoms with E-state index in [0.29, 0.717) is 0 Å². The summed E-state index contributed by atoms with van der Waals surface area (Å²) in [4.78, 5) is 3.99. The van der Waals surface area contributed by atoms with Gasteiger partial charge in [0.25, 0.3) is 0 Å². The van der Waals surface area contributed by atoms with Crippen molar-refractivity contribution in [1.82, 2.24) is 4.98 Å². The van der Waals surface area contributed by atoms with Crippen molar-refractivity contribution in [2.75, 3.05) is 0 Å². The van der Waals surface area contributed by atoms with Crippen LogP contribution in [0.4, 0.5) is 0 Å². The fourth-order valence-corrected chi connectivity index (χ4v) is 1.33. The maximum Gasteiger partial charge on any atom is 0.0270 e. The molecular formula is C12H12ClN. The zero-order valence-electron chi connectivity index (χ0n) is 7.76. The second-order valence-corrected chi connectivity index (χ2v) is 3.02. The summed E-state index contributed by atoms with van der Waals surface area (Å²) < 4.78 is 0. The number of pyridine rings is 1. The third-order valence-corrected chi connectivity index (χ3v) is 2.00. The van der Waals surface area contributed by atoms with Crippen molar-refractivity contribution in [3.63, 3.8) is 0 Å². The molecule has 0 saturated carbocycles. The molecule has 0 spiro atoms. The van der Waals surface area contributed by atoms with Crippen LogP contribution in [0.2, 0.25) is 0 Å². The van der Waals surface area contributed by atoms with E-state index in [1.54, 1.807) is 0 Å². The minimum absolute atomic E-state index is 0. The molecule has 1 aromatic carbocycles. The van der Waals surface area contributed by atoms with Crippen LogP contribution in [0.25, 0.3) is 0 Å². The van der Waals surface area contributed by atoms with Gasteiger partial charge in [-0.25, -0.2) is 0 Å². The summed E-state index contributed by atoms with van der Waals surface area (Å²) in [6.45, 7) is 0. The van der Waals surface area contributed by atoms with Crippen LogP contribution < -0.4 is 0 Å². The number of halogens is 1. The Bertz CT molecular complexity index is 321. The molecule has 0 fully saturated rings. The molecule has 0 bridgehead atoms. The summed E-state index contributed by atoms with van der Waals surface area (Å²) in [6.07, 6.45) is 4.65. The zero-order chi connectivity index (χ0) is 8.93. The fourth-order valence-electron chi connectivity index (χ4n) is 1.33. The predicted octanol–water partition coefficient (Wildman–Crippen LogP) is 3.09. The third-order valence-electron chi connectivity index (χ3n) is 2.00. The van der Waals surface area contributed by atoms with Gasteiger partial charge >= 0.3 is 0 Å². The molecule has 1 aromatic heterocycles. The van der Waals surface area contributed by atoms with Crippen LogP contribution in [-0.2, 0) is 6.42 Å². The first-order valence-electron chi connectivity index (χ1n) is 4.38. The van der Waals surface area contributed by atoms with Crippen molar-refractivity contribution < 1.29 is 0 Å². The van der Waals surface area contributed by atoms with Crippen molar-refractivity contribution in [2.24, 2.45) is 0 Å². The van der Waals surface area contributed by atoms with Crippen LogP contribution in [0.15, 0.2) is 54.9 Å². The molecule has 0 aliphatic rings. The van der Waals surface area contributed by atoms with Crippen molar-refractivity contribution in [3.05, 3.63) is 66.0 Å². The summed E-state index contributed by atoms with van der Waals surface area (Å²) in [5.74, 6) is 0. The lowest BCUT2D eigenvalue weighted by molar-refractivity contribution is 1.16. The molecule has 14 heavy (non-hydrogen) atoms. The highest BCUT2D eigenvalue weighted by Gasteiger charge is 1.93. The molecule has 0 aliphatic heterocycles. The lowest BCUT2D eigenvalue weighted by Crippen LogP contribution is -1.86. The molecule has 0 N–H and O–H groups in total. The Morgan fingerprint density at radius 1 is 0.786 bits per heavy atom. The van der Waals surface area contributed by atoms with E-state index in [1.165, 1.54) is 11.1 Å². The maximum absolute atomic E-state index is 3.99. The van der Waals surface area contributed by atoms with Crippen LogP contribution in [0, 0.1) is 0 Å². The van der Waals surface area contributed by atoms with E-state index in [2.05, 4.69) is 29.2 Å². The Balaban J connectivity index is 0.000000980. The molecule has 2 rings (SSSR count). The summed E-state index contributed by atoms with van der Waals surface area (Å²) >= 11 is 0. The van der Waals surface area contributed by atoms with Crippen LogP contribution in [0.1, 0.15) is 11.1 Å². The normalized spacial score (nSPS) is 9.14. The van der Waals surface area contributed by atoms with Gasteiger partial charge in [0.15, 0.2) is 0 Å². The summed E-state index contributed by atoms with van der Waals surface area (Å²) in [5.41, 5.74) is 2.65. The van der Waals surface area contributed by atoms with Crippen molar-refractivity contribution >= 4 is 12.4 Å². The summed E-state index contributed by atoms with van der Waals surface area (Å²) in [5, 5.41) is 0. The minimum atomic E-state index is 0. The number of aromatic nitrogens is 1. The van der Waals surface area contributed by atoms with Crippen molar-refractivity contribution in [1.29, 1.82) is 0 Å². The van der Waals surface area contributed by atoms with Gasteiger partial charge < -0.3 is 0 Å².